The van der Waals surface area contributed by atoms with Crippen molar-refractivity contribution in [3.8, 4) is 5.75 Å². The first kappa shape index (κ1) is 17.5. The Morgan fingerprint density at radius 1 is 1.07 bits per heavy atom. The molecule has 27 heavy (non-hydrogen) atoms. The molecule has 0 aliphatic rings. The van der Waals surface area contributed by atoms with Crippen molar-refractivity contribution in [2.24, 2.45) is 0 Å². The van der Waals surface area contributed by atoms with Crippen LogP contribution < -0.4 is 4.74 Å². The van der Waals surface area contributed by atoms with Crippen LogP contribution in [0.2, 0.25) is 0 Å². The normalized spacial score (nSPS) is 11.5. The average Bonchev–Trinajstić information content (AvgIpc) is 3.05. The van der Waals surface area contributed by atoms with Crippen LogP contribution in [0.1, 0.15) is 43.7 Å². The topological polar surface area (TPSA) is 55.0 Å². The molecule has 0 spiro atoms. The molecular weight excluding hydrogens is 336 g/mol. The van der Waals surface area contributed by atoms with Gasteiger partial charge in [0.25, 0.3) is 0 Å². The van der Waals surface area contributed by atoms with Crippen molar-refractivity contribution in [1.82, 2.24) is 9.97 Å². The van der Waals surface area contributed by atoms with E-state index in [0.29, 0.717) is 12.2 Å². The van der Waals surface area contributed by atoms with Gasteiger partial charge in [-0.15, -0.1) is 0 Å². The molecule has 0 bridgehead atoms. The first-order chi connectivity index (χ1) is 13.1. The monoisotopic (exact) mass is 360 g/mol. The third kappa shape index (κ3) is 3.05. The van der Waals surface area contributed by atoms with Gasteiger partial charge in [-0.2, -0.15) is 0 Å². The molecule has 0 saturated heterocycles. The lowest BCUT2D eigenvalue weighted by atomic mass is 9.97. The van der Waals surface area contributed by atoms with Crippen molar-refractivity contribution in [1.29, 1.82) is 0 Å². The van der Waals surface area contributed by atoms with Gasteiger partial charge in [-0.3, -0.25) is 9.78 Å². The summed E-state index contributed by atoms with van der Waals surface area (Å²) in [5.41, 5.74) is 4.58. The molecule has 4 nitrogen and oxygen atoms in total. The fourth-order valence-corrected chi connectivity index (χ4v) is 3.90. The van der Waals surface area contributed by atoms with Gasteiger partial charge in [0.2, 0.25) is 0 Å². The van der Waals surface area contributed by atoms with Crippen molar-refractivity contribution >= 4 is 38.5 Å². The molecule has 2 aromatic heterocycles. The third-order valence-electron chi connectivity index (χ3n) is 5.37. The minimum Gasteiger partial charge on any atom is -0.427 e. The highest BCUT2D eigenvalue weighted by atomic mass is 16.5. The molecule has 0 unspecified atom stereocenters. The summed E-state index contributed by atoms with van der Waals surface area (Å²) in [5, 5.41) is 4.62. The van der Waals surface area contributed by atoms with Crippen LogP contribution in [0.25, 0.3) is 32.6 Å². The highest BCUT2D eigenvalue weighted by Crippen LogP contribution is 2.37. The van der Waals surface area contributed by atoms with E-state index >= 15 is 0 Å². The number of esters is 1. The molecule has 0 radical (unpaired) electrons. The Hall–Kier alpha value is -2.88. The van der Waals surface area contributed by atoms with Crippen LogP contribution in [0.15, 0.2) is 36.7 Å². The minimum atomic E-state index is -0.162. The molecule has 0 aliphatic carbocycles. The van der Waals surface area contributed by atoms with E-state index in [1.165, 1.54) is 21.9 Å². The summed E-state index contributed by atoms with van der Waals surface area (Å²) in [5.74, 6) is 0.443. The van der Waals surface area contributed by atoms with E-state index in [1.807, 2.05) is 30.6 Å². The Balaban J connectivity index is 1.81. The van der Waals surface area contributed by atoms with Crippen LogP contribution in [0.5, 0.6) is 5.75 Å². The Morgan fingerprint density at radius 3 is 2.74 bits per heavy atom. The number of aromatic nitrogens is 2. The van der Waals surface area contributed by atoms with Crippen LogP contribution in [0.4, 0.5) is 0 Å². The number of unbranched alkanes of at least 4 members (excludes halogenated alkanes) is 2. The second kappa shape index (κ2) is 7.03. The number of carbonyl (C=O) groups excluding carboxylic acids is 1. The second-order valence-corrected chi connectivity index (χ2v) is 7.18. The SMILES string of the molecule is CCCCCC(=O)Oc1ccc2[nH]c3c(C)c4ccncc4c(C)c3c2c1. The lowest BCUT2D eigenvalue weighted by Crippen LogP contribution is -2.07. The lowest BCUT2D eigenvalue weighted by molar-refractivity contribution is -0.134. The van der Waals surface area contributed by atoms with Gasteiger partial charge in [0, 0.05) is 40.5 Å². The number of carbonyl (C=O) groups is 1. The van der Waals surface area contributed by atoms with E-state index in [0.717, 1.165) is 41.1 Å². The highest BCUT2D eigenvalue weighted by molar-refractivity contribution is 6.16. The fraction of sp³-hybridized carbons (Fsp3) is 0.304. The smallest absolute Gasteiger partial charge is 0.311 e. The number of H-pyrrole nitrogens is 1. The number of fused-ring (bicyclic) bond motifs is 4. The number of aryl methyl sites for hydroxylation is 2. The zero-order valence-corrected chi connectivity index (χ0v) is 16.1. The molecule has 2 aromatic carbocycles. The summed E-state index contributed by atoms with van der Waals surface area (Å²) >= 11 is 0. The summed E-state index contributed by atoms with van der Waals surface area (Å²) in [6, 6.07) is 7.89. The van der Waals surface area contributed by atoms with Gasteiger partial charge >= 0.3 is 5.97 Å². The number of nitrogens with zero attached hydrogens (tertiary/aromatic N) is 1. The van der Waals surface area contributed by atoms with Gasteiger partial charge in [0.05, 0.1) is 5.52 Å². The number of pyridine rings is 1. The quantitative estimate of drug-likeness (QED) is 0.271. The highest BCUT2D eigenvalue weighted by Gasteiger charge is 2.15. The van der Waals surface area contributed by atoms with Gasteiger partial charge in [-0.05, 0) is 61.0 Å². The van der Waals surface area contributed by atoms with E-state index < -0.39 is 0 Å². The maximum Gasteiger partial charge on any atom is 0.311 e. The van der Waals surface area contributed by atoms with Crippen LogP contribution >= 0.6 is 0 Å². The standard InChI is InChI=1S/C23H24N2O2/c1-4-5-6-7-21(26)27-16-8-9-20-18(12-16)22-14(2)19-13-24-11-10-17(19)15(3)23(22)25-20/h8-13,25H,4-7H2,1-3H3. The van der Waals surface area contributed by atoms with Crippen LogP contribution in [-0.4, -0.2) is 15.9 Å². The van der Waals surface area contributed by atoms with Crippen molar-refractivity contribution in [3.05, 3.63) is 47.8 Å². The molecule has 0 saturated carbocycles. The largest absolute Gasteiger partial charge is 0.427 e. The maximum atomic E-state index is 12.1. The molecule has 4 heteroatoms. The summed E-state index contributed by atoms with van der Waals surface area (Å²) in [6.45, 7) is 6.39. The summed E-state index contributed by atoms with van der Waals surface area (Å²) in [4.78, 5) is 19.9. The fourth-order valence-electron chi connectivity index (χ4n) is 3.90. The summed E-state index contributed by atoms with van der Waals surface area (Å²) < 4.78 is 5.58. The number of hydrogen-bond acceptors (Lipinski definition) is 3. The predicted molar refractivity (Wildman–Crippen MR) is 110 cm³/mol. The van der Waals surface area contributed by atoms with Gasteiger partial charge in [0.15, 0.2) is 0 Å². The zero-order chi connectivity index (χ0) is 19.0. The molecule has 2 heterocycles. The van der Waals surface area contributed by atoms with Gasteiger partial charge in [-0.25, -0.2) is 0 Å². The van der Waals surface area contributed by atoms with E-state index in [2.05, 4.69) is 36.8 Å². The first-order valence-corrected chi connectivity index (χ1v) is 9.59. The van der Waals surface area contributed by atoms with Gasteiger partial charge < -0.3 is 9.72 Å². The Bertz CT molecular complexity index is 1160. The van der Waals surface area contributed by atoms with Gasteiger partial charge in [0.1, 0.15) is 5.75 Å². The van der Waals surface area contributed by atoms with Crippen molar-refractivity contribution < 1.29 is 9.53 Å². The van der Waals surface area contributed by atoms with Crippen LogP contribution in [0, 0.1) is 13.8 Å². The molecule has 4 rings (SSSR count). The molecule has 4 aromatic rings. The Morgan fingerprint density at radius 2 is 1.93 bits per heavy atom. The number of nitrogens with one attached hydrogen (secondary N) is 1. The summed E-state index contributed by atoms with van der Waals surface area (Å²) in [6.07, 6.45) is 7.25. The van der Waals surface area contributed by atoms with Gasteiger partial charge in [-0.1, -0.05) is 19.8 Å². The van der Waals surface area contributed by atoms with Crippen LogP contribution in [0.3, 0.4) is 0 Å². The van der Waals surface area contributed by atoms with E-state index in [1.54, 1.807) is 0 Å². The van der Waals surface area contributed by atoms with Crippen molar-refractivity contribution in [3.63, 3.8) is 0 Å². The number of hydrogen-bond donors (Lipinski definition) is 1. The zero-order valence-electron chi connectivity index (χ0n) is 16.1. The Kier molecular flexibility index (Phi) is 4.56. The summed E-state index contributed by atoms with van der Waals surface area (Å²) in [7, 11) is 0. The van der Waals surface area contributed by atoms with Crippen molar-refractivity contribution in [2.45, 2.75) is 46.5 Å². The van der Waals surface area contributed by atoms with E-state index in [-0.39, 0.29) is 5.97 Å². The number of benzene rings is 2. The molecule has 1 N–H and O–H groups in total. The maximum absolute atomic E-state index is 12.1. The van der Waals surface area contributed by atoms with Crippen LogP contribution in [-0.2, 0) is 4.79 Å². The number of aromatic amines is 1. The minimum absolute atomic E-state index is 0.162. The Labute approximate surface area is 158 Å². The lowest BCUT2D eigenvalue weighted by Gasteiger charge is -2.08. The third-order valence-corrected chi connectivity index (χ3v) is 5.37. The average molecular weight is 360 g/mol. The molecular formula is C23H24N2O2. The molecule has 0 amide bonds. The molecule has 138 valence electrons. The number of rotatable bonds is 5. The molecule has 0 atom stereocenters. The molecule has 0 aliphatic heterocycles. The molecule has 0 fully saturated rings. The van der Waals surface area contributed by atoms with E-state index in [4.69, 9.17) is 4.74 Å². The number of ether oxygens (including phenoxy) is 1. The first-order valence-electron chi connectivity index (χ1n) is 9.59. The van der Waals surface area contributed by atoms with Crippen molar-refractivity contribution in [2.75, 3.05) is 0 Å². The van der Waals surface area contributed by atoms with E-state index in [9.17, 15) is 4.79 Å². The second-order valence-electron chi connectivity index (χ2n) is 7.18. The predicted octanol–water partition coefficient (Wildman–Crippen LogP) is 5.97.